The molecule has 0 unspecified atom stereocenters. The van der Waals surface area contributed by atoms with Crippen molar-refractivity contribution in [3.63, 3.8) is 0 Å². The molecule has 23 heavy (non-hydrogen) atoms. The highest BCUT2D eigenvalue weighted by molar-refractivity contribution is 5.59. The minimum atomic E-state index is -4.72. The van der Waals surface area contributed by atoms with E-state index >= 15 is 0 Å². The predicted octanol–water partition coefficient (Wildman–Crippen LogP) is 4.34. The first kappa shape index (κ1) is 16.9. The van der Waals surface area contributed by atoms with Gasteiger partial charge in [-0.1, -0.05) is 6.07 Å². The summed E-state index contributed by atoms with van der Waals surface area (Å²) in [6.45, 7) is 3.38. The van der Waals surface area contributed by atoms with Gasteiger partial charge >= 0.3 is 6.18 Å². The van der Waals surface area contributed by atoms with Crippen LogP contribution in [0, 0.1) is 11.6 Å². The molecule has 4 nitrogen and oxygen atoms in total. The molecule has 0 bridgehead atoms. The predicted molar refractivity (Wildman–Crippen MR) is 75.4 cm³/mol. The Morgan fingerprint density at radius 1 is 1.04 bits per heavy atom. The number of benzene rings is 1. The molecule has 0 amide bonds. The highest BCUT2D eigenvalue weighted by Gasteiger charge is 2.34. The number of alkyl halides is 3. The van der Waals surface area contributed by atoms with E-state index < -0.39 is 29.2 Å². The van der Waals surface area contributed by atoms with Crippen molar-refractivity contribution in [1.29, 1.82) is 0 Å². The van der Waals surface area contributed by atoms with Crippen molar-refractivity contribution >= 4 is 17.5 Å². The molecule has 0 spiro atoms. The molecule has 9 heteroatoms. The fraction of sp³-hybridized carbons (Fsp3) is 0.286. The Hall–Kier alpha value is -2.45. The van der Waals surface area contributed by atoms with Crippen molar-refractivity contribution in [3.8, 4) is 0 Å². The molecule has 0 aliphatic heterocycles. The van der Waals surface area contributed by atoms with Crippen LogP contribution in [0.15, 0.2) is 24.3 Å². The summed E-state index contributed by atoms with van der Waals surface area (Å²) in [7, 11) is 0. The smallest absolute Gasteiger partial charge is 0.352 e. The van der Waals surface area contributed by atoms with Gasteiger partial charge < -0.3 is 10.6 Å². The average Bonchev–Trinajstić information content (AvgIpc) is 2.41. The molecule has 0 radical (unpaired) electrons. The fourth-order valence-electron chi connectivity index (χ4n) is 1.72. The Balaban J connectivity index is 2.45. The van der Waals surface area contributed by atoms with E-state index in [2.05, 4.69) is 20.6 Å². The second-order valence-electron chi connectivity index (χ2n) is 4.98. The molecule has 0 aliphatic rings. The van der Waals surface area contributed by atoms with Gasteiger partial charge in [0, 0.05) is 12.1 Å². The normalized spacial score (nSPS) is 11.7. The topological polar surface area (TPSA) is 49.8 Å². The van der Waals surface area contributed by atoms with Crippen LogP contribution in [0.3, 0.4) is 0 Å². The second kappa shape index (κ2) is 6.35. The summed E-state index contributed by atoms with van der Waals surface area (Å²) in [4.78, 5) is 7.15. The van der Waals surface area contributed by atoms with E-state index in [9.17, 15) is 22.0 Å². The molecule has 0 atom stereocenters. The van der Waals surface area contributed by atoms with E-state index in [0.717, 1.165) is 18.2 Å². The second-order valence-corrected chi connectivity index (χ2v) is 4.98. The number of nitrogens with one attached hydrogen (secondary N) is 2. The maximum atomic E-state index is 13.6. The highest BCUT2D eigenvalue weighted by Crippen LogP contribution is 2.31. The minimum absolute atomic E-state index is 0.225. The lowest BCUT2D eigenvalue weighted by Crippen LogP contribution is -2.17. The average molecular weight is 332 g/mol. The number of hydrogen-bond acceptors (Lipinski definition) is 4. The van der Waals surface area contributed by atoms with E-state index in [0.29, 0.717) is 6.07 Å². The summed E-state index contributed by atoms with van der Waals surface area (Å²) in [5.74, 6) is -2.57. The van der Waals surface area contributed by atoms with Crippen LogP contribution in [-0.2, 0) is 6.18 Å². The molecule has 1 heterocycles. The van der Waals surface area contributed by atoms with Crippen molar-refractivity contribution < 1.29 is 22.0 Å². The van der Waals surface area contributed by atoms with E-state index in [1.807, 2.05) is 0 Å². The Morgan fingerprint density at radius 2 is 1.65 bits per heavy atom. The van der Waals surface area contributed by atoms with Gasteiger partial charge in [-0.3, -0.25) is 0 Å². The van der Waals surface area contributed by atoms with Gasteiger partial charge in [-0.25, -0.2) is 13.8 Å². The number of para-hydroxylation sites is 1. The summed E-state index contributed by atoms with van der Waals surface area (Å²) in [6.07, 6.45) is -4.72. The zero-order chi connectivity index (χ0) is 17.2. The first-order valence-corrected chi connectivity index (χ1v) is 6.60. The Kier molecular flexibility index (Phi) is 4.67. The summed E-state index contributed by atoms with van der Waals surface area (Å²) >= 11 is 0. The van der Waals surface area contributed by atoms with Crippen molar-refractivity contribution in [1.82, 2.24) is 9.97 Å². The van der Waals surface area contributed by atoms with Gasteiger partial charge in [0.2, 0.25) is 5.95 Å². The first-order valence-electron chi connectivity index (χ1n) is 6.60. The lowest BCUT2D eigenvalue weighted by Gasteiger charge is -2.14. The number of rotatable bonds is 4. The lowest BCUT2D eigenvalue weighted by atomic mass is 10.3. The third-order valence-corrected chi connectivity index (χ3v) is 2.65. The standard InChI is InChI=1S/C14H13F5N4/c1-7(2)20-13-21-10(14(17,18)19)6-11(23-13)22-12-8(15)4-3-5-9(12)16/h3-7H,1-2H3,(H2,20,21,22,23). The SMILES string of the molecule is CC(C)Nc1nc(Nc2c(F)cccc2F)cc(C(F)(F)F)n1. The van der Waals surface area contributed by atoms with Crippen LogP contribution in [-0.4, -0.2) is 16.0 Å². The highest BCUT2D eigenvalue weighted by atomic mass is 19.4. The maximum absolute atomic E-state index is 13.6. The minimum Gasteiger partial charge on any atom is -0.352 e. The molecule has 124 valence electrons. The van der Waals surface area contributed by atoms with Gasteiger partial charge in [0.05, 0.1) is 0 Å². The molecule has 0 fully saturated rings. The van der Waals surface area contributed by atoms with Crippen molar-refractivity contribution in [2.24, 2.45) is 0 Å². The van der Waals surface area contributed by atoms with E-state index in [1.165, 1.54) is 0 Å². The van der Waals surface area contributed by atoms with E-state index in [-0.39, 0.29) is 17.8 Å². The molecule has 1 aromatic carbocycles. The number of halogens is 5. The molecule has 2 aromatic rings. The van der Waals surface area contributed by atoms with Gasteiger partial charge in [0.25, 0.3) is 0 Å². The van der Waals surface area contributed by atoms with Crippen LogP contribution < -0.4 is 10.6 Å². The van der Waals surface area contributed by atoms with Crippen LogP contribution in [0.4, 0.5) is 39.4 Å². The van der Waals surface area contributed by atoms with Crippen molar-refractivity contribution in [3.05, 3.63) is 41.6 Å². The quantitative estimate of drug-likeness (QED) is 0.818. The maximum Gasteiger partial charge on any atom is 0.433 e. The number of hydrogen-bond donors (Lipinski definition) is 2. The van der Waals surface area contributed by atoms with Crippen LogP contribution in [0.1, 0.15) is 19.5 Å². The lowest BCUT2D eigenvalue weighted by molar-refractivity contribution is -0.141. The summed E-state index contributed by atoms with van der Waals surface area (Å²) in [5, 5.41) is 4.85. The van der Waals surface area contributed by atoms with Gasteiger partial charge in [0.1, 0.15) is 23.1 Å². The largest absolute Gasteiger partial charge is 0.433 e. The van der Waals surface area contributed by atoms with Crippen LogP contribution in [0.2, 0.25) is 0 Å². The Labute approximate surface area is 128 Å². The summed E-state index contributed by atoms with van der Waals surface area (Å²) < 4.78 is 65.9. The number of anilines is 3. The Morgan fingerprint density at radius 3 is 2.17 bits per heavy atom. The third kappa shape index (κ3) is 4.27. The monoisotopic (exact) mass is 332 g/mol. The third-order valence-electron chi connectivity index (χ3n) is 2.65. The molecular weight excluding hydrogens is 319 g/mol. The summed E-state index contributed by atoms with van der Waals surface area (Å²) in [5.41, 5.74) is -1.82. The van der Waals surface area contributed by atoms with Gasteiger partial charge in [0.15, 0.2) is 5.69 Å². The van der Waals surface area contributed by atoms with Gasteiger partial charge in [-0.05, 0) is 26.0 Å². The molecule has 0 aliphatic carbocycles. The first-order chi connectivity index (χ1) is 10.7. The number of aromatic nitrogens is 2. The van der Waals surface area contributed by atoms with Crippen molar-refractivity contribution in [2.45, 2.75) is 26.1 Å². The Bertz CT molecular complexity index is 680. The van der Waals surface area contributed by atoms with Crippen LogP contribution in [0.5, 0.6) is 0 Å². The zero-order valence-electron chi connectivity index (χ0n) is 12.2. The van der Waals surface area contributed by atoms with Gasteiger partial charge in [-0.15, -0.1) is 0 Å². The van der Waals surface area contributed by atoms with Crippen LogP contribution in [0.25, 0.3) is 0 Å². The molecule has 2 N–H and O–H groups in total. The summed E-state index contributed by atoms with van der Waals surface area (Å²) in [6, 6.07) is 3.45. The van der Waals surface area contributed by atoms with Crippen molar-refractivity contribution in [2.75, 3.05) is 10.6 Å². The molecule has 2 rings (SSSR count). The fourth-order valence-corrected chi connectivity index (χ4v) is 1.72. The molecular formula is C14H13F5N4. The van der Waals surface area contributed by atoms with E-state index in [1.54, 1.807) is 13.8 Å². The van der Waals surface area contributed by atoms with E-state index in [4.69, 9.17) is 0 Å². The number of nitrogens with zero attached hydrogens (tertiary/aromatic N) is 2. The molecule has 1 aromatic heterocycles. The molecule has 0 saturated carbocycles. The van der Waals surface area contributed by atoms with Crippen LogP contribution >= 0.6 is 0 Å². The zero-order valence-corrected chi connectivity index (χ0v) is 12.2. The van der Waals surface area contributed by atoms with Gasteiger partial charge in [-0.2, -0.15) is 18.2 Å². The molecule has 0 saturated heterocycles.